The zero-order valence-corrected chi connectivity index (χ0v) is 8.38. The Kier molecular flexibility index (Phi) is 2.56. The molecule has 0 aromatic heterocycles. The van der Waals surface area contributed by atoms with Crippen molar-refractivity contribution in [3.63, 3.8) is 0 Å². The number of hydrogen-bond acceptors (Lipinski definition) is 1. The molecule has 2 nitrogen and oxygen atoms in total. The van der Waals surface area contributed by atoms with Crippen LogP contribution in [-0.2, 0) is 4.79 Å². The van der Waals surface area contributed by atoms with Gasteiger partial charge in [-0.25, -0.2) is 0 Å². The second-order valence-electron chi connectivity index (χ2n) is 4.77. The van der Waals surface area contributed by atoms with Gasteiger partial charge in [0.25, 0.3) is 0 Å². The number of amides is 1. The predicted octanol–water partition coefficient (Wildman–Crippen LogP) is 2.09. The number of rotatable bonds is 1. The van der Waals surface area contributed by atoms with Crippen LogP contribution in [0, 0.1) is 11.8 Å². The molecule has 74 valence electrons. The summed E-state index contributed by atoms with van der Waals surface area (Å²) in [5.41, 5.74) is 0. The Bertz CT molecular complexity index is 190. The third kappa shape index (κ3) is 2.23. The van der Waals surface area contributed by atoms with Crippen LogP contribution in [0.2, 0.25) is 0 Å². The van der Waals surface area contributed by atoms with Crippen LogP contribution in [0.3, 0.4) is 0 Å². The van der Waals surface area contributed by atoms with Crippen molar-refractivity contribution < 1.29 is 4.79 Å². The number of carbonyl (C=O) groups is 1. The van der Waals surface area contributed by atoms with Crippen LogP contribution >= 0.6 is 0 Å². The lowest BCUT2D eigenvalue weighted by molar-refractivity contribution is -0.120. The number of hydrogen-bond donors (Lipinski definition) is 1. The lowest BCUT2D eigenvalue weighted by Crippen LogP contribution is -2.41. The van der Waals surface area contributed by atoms with Gasteiger partial charge in [0, 0.05) is 13.0 Å². The second kappa shape index (κ2) is 3.69. The third-order valence-electron chi connectivity index (χ3n) is 3.53. The highest BCUT2D eigenvalue weighted by atomic mass is 16.1. The highest BCUT2D eigenvalue weighted by Gasteiger charge is 2.31. The highest BCUT2D eigenvalue weighted by molar-refractivity contribution is 5.73. The predicted molar refractivity (Wildman–Crippen MR) is 52.3 cm³/mol. The van der Waals surface area contributed by atoms with Crippen LogP contribution in [0.1, 0.15) is 45.4 Å². The number of carbonyl (C=O) groups excluding carboxylic acids is 1. The van der Waals surface area contributed by atoms with Gasteiger partial charge in [-0.3, -0.25) is 4.79 Å². The summed E-state index contributed by atoms with van der Waals surface area (Å²) in [5, 5.41) is 3.07. The van der Waals surface area contributed by atoms with E-state index in [4.69, 9.17) is 0 Å². The highest BCUT2D eigenvalue weighted by Crippen LogP contribution is 2.39. The largest absolute Gasteiger partial charge is 0.354 e. The monoisotopic (exact) mass is 181 g/mol. The van der Waals surface area contributed by atoms with Gasteiger partial charge in [-0.15, -0.1) is 0 Å². The standard InChI is InChI=1S/C11H19NO/c1-8(13)12-11-6-9-3-2-4-10(5-9)7-11/h9-11H,2-7H2,1H3,(H,12,13). The fourth-order valence-electron chi connectivity index (χ4n) is 3.14. The normalized spacial score (nSPS) is 38.4. The van der Waals surface area contributed by atoms with Gasteiger partial charge in [0.15, 0.2) is 0 Å². The molecule has 1 amide bonds. The van der Waals surface area contributed by atoms with Crippen LogP contribution in [0.25, 0.3) is 0 Å². The minimum atomic E-state index is 0.143. The summed E-state index contributed by atoms with van der Waals surface area (Å²) in [4.78, 5) is 10.9. The molecule has 2 atom stereocenters. The molecule has 0 aliphatic heterocycles. The SMILES string of the molecule is CC(=O)NC1CC2CCCC(C2)C1. The first-order valence-corrected chi connectivity index (χ1v) is 5.51. The Morgan fingerprint density at radius 1 is 1.15 bits per heavy atom. The minimum Gasteiger partial charge on any atom is -0.354 e. The zero-order valence-electron chi connectivity index (χ0n) is 8.38. The molecule has 2 saturated carbocycles. The maximum absolute atomic E-state index is 10.9. The molecule has 0 saturated heterocycles. The van der Waals surface area contributed by atoms with E-state index in [1.807, 2.05) is 0 Å². The Balaban J connectivity index is 1.90. The second-order valence-corrected chi connectivity index (χ2v) is 4.77. The summed E-state index contributed by atoms with van der Waals surface area (Å²) in [6, 6.07) is 0.488. The zero-order chi connectivity index (χ0) is 9.26. The lowest BCUT2D eigenvalue weighted by Gasteiger charge is -2.39. The van der Waals surface area contributed by atoms with Crippen molar-refractivity contribution in [1.29, 1.82) is 0 Å². The van der Waals surface area contributed by atoms with Gasteiger partial charge in [-0.1, -0.05) is 19.3 Å². The molecule has 2 heteroatoms. The van der Waals surface area contributed by atoms with E-state index in [2.05, 4.69) is 5.32 Å². The summed E-state index contributed by atoms with van der Waals surface area (Å²) in [6.07, 6.45) is 8.10. The fraction of sp³-hybridized carbons (Fsp3) is 0.909. The fourth-order valence-corrected chi connectivity index (χ4v) is 3.14. The molecule has 1 N–H and O–H groups in total. The first kappa shape index (κ1) is 9.04. The first-order valence-electron chi connectivity index (χ1n) is 5.51. The number of fused-ring (bicyclic) bond motifs is 2. The molecule has 0 heterocycles. The summed E-state index contributed by atoms with van der Waals surface area (Å²) >= 11 is 0. The molecule has 2 fully saturated rings. The molecule has 2 bridgehead atoms. The Morgan fingerprint density at radius 3 is 2.31 bits per heavy atom. The van der Waals surface area contributed by atoms with Gasteiger partial charge in [-0.2, -0.15) is 0 Å². The summed E-state index contributed by atoms with van der Waals surface area (Å²) in [6.45, 7) is 1.63. The van der Waals surface area contributed by atoms with Crippen molar-refractivity contribution in [3.05, 3.63) is 0 Å². The topological polar surface area (TPSA) is 29.1 Å². The van der Waals surface area contributed by atoms with Crippen LogP contribution in [0.4, 0.5) is 0 Å². The third-order valence-corrected chi connectivity index (χ3v) is 3.53. The van der Waals surface area contributed by atoms with E-state index in [9.17, 15) is 4.79 Å². The molecule has 2 aliphatic carbocycles. The van der Waals surface area contributed by atoms with Gasteiger partial charge in [0.2, 0.25) is 5.91 Å². The average molecular weight is 181 g/mol. The first-order chi connectivity index (χ1) is 6.24. The summed E-state index contributed by atoms with van der Waals surface area (Å²) in [5.74, 6) is 1.96. The molecule has 0 spiro atoms. The van der Waals surface area contributed by atoms with Crippen molar-refractivity contribution in [2.45, 2.75) is 51.5 Å². The summed E-state index contributed by atoms with van der Waals surface area (Å²) < 4.78 is 0. The van der Waals surface area contributed by atoms with Gasteiger partial charge >= 0.3 is 0 Å². The van der Waals surface area contributed by atoms with Crippen LogP contribution in [0.5, 0.6) is 0 Å². The summed E-state index contributed by atoms with van der Waals surface area (Å²) in [7, 11) is 0. The van der Waals surface area contributed by atoms with E-state index in [0.29, 0.717) is 6.04 Å². The molecular formula is C11H19NO. The average Bonchev–Trinajstić information content (AvgIpc) is 2.01. The molecular weight excluding hydrogens is 162 g/mol. The van der Waals surface area contributed by atoms with Gasteiger partial charge < -0.3 is 5.32 Å². The van der Waals surface area contributed by atoms with Crippen LogP contribution in [-0.4, -0.2) is 11.9 Å². The Hall–Kier alpha value is -0.530. The van der Waals surface area contributed by atoms with E-state index in [1.165, 1.54) is 38.5 Å². The molecule has 2 unspecified atom stereocenters. The van der Waals surface area contributed by atoms with Crippen molar-refractivity contribution in [3.8, 4) is 0 Å². The molecule has 0 radical (unpaired) electrons. The molecule has 2 aliphatic rings. The maximum atomic E-state index is 10.9. The molecule has 0 aromatic carbocycles. The maximum Gasteiger partial charge on any atom is 0.217 e. The lowest BCUT2D eigenvalue weighted by atomic mass is 9.70. The van der Waals surface area contributed by atoms with Crippen molar-refractivity contribution in [1.82, 2.24) is 5.32 Å². The van der Waals surface area contributed by atoms with E-state index in [0.717, 1.165) is 11.8 Å². The molecule has 13 heavy (non-hydrogen) atoms. The van der Waals surface area contributed by atoms with Gasteiger partial charge in [-0.05, 0) is 31.1 Å². The van der Waals surface area contributed by atoms with E-state index in [1.54, 1.807) is 6.92 Å². The van der Waals surface area contributed by atoms with E-state index >= 15 is 0 Å². The molecule has 2 rings (SSSR count). The Labute approximate surface area is 80.1 Å². The van der Waals surface area contributed by atoms with E-state index in [-0.39, 0.29) is 5.91 Å². The van der Waals surface area contributed by atoms with Crippen molar-refractivity contribution in [2.24, 2.45) is 11.8 Å². The van der Waals surface area contributed by atoms with Crippen molar-refractivity contribution in [2.75, 3.05) is 0 Å². The van der Waals surface area contributed by atoms with E-state index < -0.39 is 0 Å². The van der Waals surface area contributed by atoms with Gasteiger partial charge in [0.05, 0.1) is 0 Å². The van der Waals surface area contributed by atoms with Crippen molar-refractivity contribution >= 4 is 5.91 Å². The Morgan fingerprint density at radius 2 is 1.77 bits per heavy atom. The van der Waals surface area contributed by atoms with Crippen LogP contribution in [0.15, 0.2) is 0 Å². The smallest absolute Gasteiger partial charge is 0.217 e. The quantitative estimate of drug-likeness (QED) is 0.659. The van der Waals surface area contributed by atoms with Crippen LogP contribution < -0.4 is 5.32 Å². The molecule has 0 aromatic rings. The minimum absolute atomic E-state index is 0.143. The van der Waals surface area contributed by atoms with Gasteiger partial charge in [0.1, 0.15) is 0 Å². The number of nitrogens with one attached hydrogen (secondary N) is 1.